The van der Waals surface area contributed by atoms with Crippen molar-refractivity contribution < 1.29 is 14.4 Å². The Labute approximate surface area is 114 Å². The summed E-state index contributed by atoms with van der Waals surface area (Å²) in [6, 6.07) is 0. The SMILES string of the molecule is CCCC.Cl.Cl.O=P(O)(O)CCCCBr. The first kappa shape index (κ1) is 25.2. The van der Waals surface area contributed by atoms with Gasteiger partial charge >= 0.3 is 7.60 Å². The summed E-state index contributed by atoms with van der Waals surface area (Å²) in [6.07, 6.45) is 4.07. The summed E-state index contributed by atoms with van der Waals surface area (Å²) in [5, 5.41) is 0.812. The van der Waals surface area contributed by atoms with E-state index in [0.717, 1.165) is 11.8 Å². The third-order valence-corrected chi connectivity index (χ3v) is 2.79. The maximum absolute atomic E-state index is 10.2. The molecule has 0 aromatic rings. The van der Waals surface area contributed by atoms with Gasteiger partial charge in [0.25, 0.3) is 0 Å². The molecule has 0 heterocycles. The molecule has 7 heteroatoms. The van der Waals surface area contributed by atoms with E-state index < -0.39 is 7.60 Å². The molecule has 0 saturated heterocycles. The zero-order valence-corrected chi connectivity index (χ0v) is 13.3. The minimum atomic E-state index is -3.72. The highest BCUT2D eigenvalue weighted by molar-refractivity contribution is 9.09. The summed E-state index contributed by atoms with van der Waals surface area (Å²) >= 11 is 3.16. The van der Waals surface area contributed by atoms with Crippen LogP contribution in [0.3, 0.4) is 0 Å². The summed E-state index contributed by atoms with van der Waals surface area (Å²) in [4.78, 5) is 16.7. The molecule has 0 aromatic carbocycles. The standard InChI is InChI=1S/C4H10BrO3P.C4H10.2ClH/c5-3-1-2-4-9(6,7)8;1-3-4-2;;/h1-4H2,(H2,6,7,8);3-4H2,1-2H3;2*1H. The van der Waals surface area contributed by atoms with E-state index in [0.29, 0.717) is 6.42 Å². The zero-order valence-electron chi connectivity index (χ0n) is 9.19. The lowest BCUT2D eigenvalue weighted by Crippen LogP contribution is -1.87. The highest BCUT2D eigenvalue weighted by Gasteiger charge is 2.10. The van der Waals surface area contributed by atoms with Crippen LogP contribution in [0, 0.1) is 0 Å². The van der Waals surface area contributed by atoms with Crippen LogP contribution in [0.2, 0.25) is 0 Å². The predicted octanol–water partition coefficient (Wildman–Crippen LogP) is 3.99. The highest BCUT2D eigenvalue weighted by Crippen LogP contribution is 2.35. The van der Waals surface area contributed by atoms with Crippen LogP contribution in [0.4, 0.5) is 0 Å². The lowest BCUT2D eigenvalue weighted by Gasteiger charge is -2.00. The molecule has 0 atom stereocenters. The van der Waals surface area contributed by atoms with E-state index in [4.69, 9.17) is 9.79 Å². The Bertz CT molecular complexity index is 142. The molecule has 0 radical (unpaired) electrons. The van der Waals surface area contributed by atoms with Crippen molar-refractivity contribution in [3.8, 4) is 0 Å². The molecule has 0 aliphatic heterocycles. The normalized spacial score (nSPS) is 9.13. The molecule has 2 N–H and O–H groups in total. The van der Waals surface area contributed by atoms with Gasteiger partial charge < -0.3 is 9.79 Å². The average molecular weight is 348 g/mol. The Morgan fingerprint density at radius 1 is 1.07 bits per heavy atom. The summed E-state index contributed by atoms with van der Waals surface area (Å²) in [5.74, 6) is 0. The van der Waals surface area contributed by atoms with Gasteiger partial charge in [0.05, 0.1) is 0 Å². The minimum absolute atomic E-state index is 0. The third-order valence-electron chi connectivity index (χ3n) is 1.33. The maximum atomic E-state index is 10.2. The van der Waals surface area contributed by atoms with Gasteiger partial charge in [-0.05, 0) is 12.8 Å². The molecular formula is C8H22BrCl2O3P. The van der Waals surface area contributed by atoms with Gasteiger partial charge in [-0.2, -0.15) is 0 Å². The molecular weight excluding hydrogens is 326 g/mol. The molecule has 15 heavy (non-hydrogen) atoms. The van der Waals surface area contributed by atoms with E-state index in [-0.39, 0.29) is 31.0 Å². The van der Waals surface area contributed by atoms with Gasteiger partial charge in [-0.3, -0.25) is 4.57 Å². The van der Waals surface area contributed by atoms with Crippen LogP contribution in [0.15, 0.2) is 0 Å². The average Bonchev–Trinajstić information content (AvgIpc) is 2.03. The first-order valence-electron chi connectivity index (χ1n) is 4.58. The quantitative estimate of drug-likeness (QED) is 0.449. The van der Waals surface area contributed by atoms with Crippen LogP contribution in [0.25, 0.3) is 0 Å². The van der Waals surface area contributed by atoms with Gasteiger partial charge in [0.2, 0.25) is 0 Å². The molecule has 3 nitrogen and oxygen atoms in total. The van der Waals surface area contributed by atoms with E-state index in [1.807, 2.05) is 0 Å². The van der Waals surface area contributed by atoms with Crippen molar-refractivity contribution in [2.75, 3.05) is 11.5 Å². The van der Waals surface area contributed by atoms with Crippen LogP contribution < -0.4 is 0 Å². The molecule has 0 spiro atoms. The Hall–Kier alpha value is 1.21. The fraction of sp³-hybridized carbons (Fsp3) is 1.00. The lowest BCUT2D eigenvalue weighted by atomic mass is 10.4. The van der Waals surface area contributed by atoms with E-state index in [1.165, 1.54) is 12.8 Å². The Balaban J connectivity index is -0.0000000883. The Morgan fingerprint density at radius 2 is 1.47 bits per heavy atom. The largest absolute Gasteiger partial charge is 0.325 e. The first-order chi connectivity index (χ1) is 5.97. The maximum Gasteiger partial charge on any atom is 0.325 e. The van der Waals surface area contributed by atoms with Gasteiger partial charge in [-0.1, -0.05) is 42.6 Å². The van der Waals surface area contributed by atoms with Gasteiger partial charge in [-0.25, -0.2) is 0 Å². The van der Waals surface area contributed by atoms with E-state index in [9.17, 15) is 4.57 Å². The number of alkyl halides is 1. The molecule has 0 fully saturated rings. The molecule has 0 rings (SSSR count). The second kappa shape index (κ2) is 17.6. The number of rotatable bonds is 5. The summed E-state index contributed by atoms with van der Waals surface area (Å²) in [5.41, 5.74) is 0. The first-order valence-corrected chi connectivity index (χ1v) is 7.50. The molecule has 0 amide bonds. The van der Waals surface area contributed by atoms with Crippen molar-refractivity contribution in [3.05, 3.63) is 0 Å². The van der Waals surface area contributed by atoms with Crippen molar-refractivity contribution >= 4 is 48.3 Å². The predicted molar refractivity (Wildman–Crippen MR) is 75.0 cm³/mol. The van der Waals surface area contributed by atoms with Gasteiger partial charge in [0, 0.05) is 11.5 Å². The second-order valence-corrected chi connectivity index (χ2v) is 5.35. The van der Waals surface area contributed by atoms with Crippen molar-refractivity contribution in [3.63, 3.8) is 0 Å². The number of hydrogen-bond acceptors (Lipinski definition) is 1. The molecule has 0 aromatic heterocycles. The van der Waals surface area contributed by atoms with Crippen LogP contribution in [0.1, 0.15) is 39.5 Å². The molecule has 0 unspecified atom stereocenters. The summed E-state index contributed by atoms with van der Waals surface area (Å²) < 4.78 is 10.2. The number of unbranched alkanes of at least 4 members (excludes halogenated alkanes) is 2. The smallest absolute Gasteiger partial charge is 0.324 e. The van der Waals surface area contributed by atoms with Crippen molar-refractivity contribution in [2.45, 2.75) is 39.5 Å². The van der Waals surface area contributed by atoms with Crippen molar-refractivity contribution in [1.29, 1.82) is 0 Å². The summed E-state index contributed by atoms with van der Waals surface area (Å²) in [6.45, 7) is 4.36. The van der Waals surface area contributed by atoms with Gasteiger partial charge in [0.15, 0.2) is 0 Å². The monoisotopic (exact) mass is 346 g/mol. The zero-order chi connectivity index (χ0) is 10.7. The fourth-order valence-corrected chi connectivity index (χ4v) is 1.44. The van der Waals surface area contributed by atoms with Crippen molar-refractivity contribution in [2.24, 2.45) is 0 Å². The second-order valence-electron chi connectivity index (χ2n) is 2.78. The number of hydrogen-bond donors (Lipinski definition) is 2. The van der Waals surface area contributed by atoms with Crippen molar-refractivity contribution in [1.82, 2.24) is 0 Å². The van der Waals surface area contributed by atoms with Crippen LogP contribution >= 0.6 is 48.3 Å². The molecule has 0 saturated carbocycles. The molecule has 0 bridgehead atoms. The Morgan fingerprint density at radius 3 is 1.67 bits per heavy atom. The fourth-order valence-electron chi connectivity index (χ4n) is 0.412. The van der Waals surface area contributed by atoms with Crippen LogP contribution in [-0.4, -0.2) is 21.3 Å². The van der Waals surface area contributed by atoms with Gasteiger partial charge in [0.1, 0.15) is 0 Å². The van der Waals surface area contributed by atoms with E-state index >= 15 is 0 Å². The summed E-state index contributed by atoms with van der Waals surface area (Å²) in [7, 11) is -3.72. The minimum Gasteiger partial charge on any atom is -0.324 e. The molecule has 0 aliphatic rings. The van der Waals surface area contributed by atoms with E-state index in [2.05, 4.69) is 29.8 Å². The topological polar surface area (TPSA) is 57.5 Å². The van der Waals surface area contributed by atoms with Gasteiger partial charge in [-0.15, -0.1) is 24.8 Å². The van der Waals surface area contributed by atoms with Crippen LogP contribution in [0.5, 0.6) is 0 Å². The Kier molecular flexibility index (Phi) is 29.5. The molecule has 98 valence electrons. The highest BCUT2D eigenvalue weighted by atomic mass is 79.9. The third kappa shape index (κ3) is 39.4. The van der Waals surface area contributed by atoms with Crippen LogP contribution in [-0.2, 0) is 4.57 Å². The lowest BCUT2D eigenvalue weighted by molar-refractivity contribution is 0.371. The number of halogens is 3. The molecule has 0 aliphatic carbocycles. The van der Waals surface area contributed by atoms with E-state index in [1.54, 1.807) is 0 Å².